The summed E-state index contributed by atoms with van der Waals surface area (Å²) in [5, 5.41) is 2.10. The largest absolute Gasteiger partial charge is 0.368 e. The zero-order chi connectivity index (χ0) is 15.4. The van der Waals surface area contributed by atoms with Crippen LogP contribution in [0.4, 0.5) is 0 Å². The van der Waals surface area contributed by atoms with Crippen molar-refractivity contribution in [3.05, 3.63) is 12.2 Å². The third kappa shape index (κ3) is 2.21. The van der Waals surface area contributed by atoms with E-state index in [2.05, 4.69) is 11.9 Å². The monoisotopic (exact) mass is 317 g/mol. The quantitative estimate of drug-likeness (QED) is 0.426. The number of fused-ring (bicyclic) bond motifs is 1. The van der Waals surface area contributed by atoms with Gasteiger partial charge in [-0.3, -0.25) is 8.98 Å². The van der Waals surface area contributed by atoms with Crippen LogP contribution in [0.25, 0.3) is 0 Å². The molecule has 3 aliphatic heterocycles. The Morgan fingerprint density at radius 2 is 2.24 bits per heavy atom. The number of amides is 1. The fourth-order valence-electron chi connectivity index (χ4n) is 3.23. The van der Waals surface area contributed by atoms with Gasteiger partial charge in [0.1, 0.15) is 23.1 Å². The first-order valence-electron chi connectivity index (χ1n) is 6.91. The maximum Gasteiger partial charge on any atom is 0.273 e. The summed E-state index contributed by atoms with van der Waals surface area (Å²) in [5.41, 5.74) is -0.365. The number of rotatable bonds is 5. The minimum Gasteiger partial charge on any atom is -0.368 e. The highest BCUT2D eigenvalue weighted by Gasteiger charge is 2.71. The Morgan fingerprint density at radius 1 is 1.52 bits per heavy atom. The standard InChI is InChI=1S/C13H19NO6S/c1-7(2)12(15)14-4-5-18-13(3)9-6-8-10(19-9)11(13)20-21(8,16)17/h8-11H,1,4-6H2,2-3H3,(H,14,15). The third-order valence-electron chi connectivity index (χ3n) is 4.43. The second-order valence-electron chi connectivity index (χ2n) is 5.94. The van der Waals surface area contributed by atoms with Crippen LogP contribution in [0.2, 0.25) is 0 Å². The van der Waals surface area contributed by atoms with Crippen molar-refractivity contribution < 1.29 is 26.9 Å². The molecule has 5 unspecified atom stereocenters. The van der Waals surface area contributed by atoms with Crippen molar-refractivity contribution in [1.82, 2.24) is 5.32 Å². The molecule has 0 radical (unpaired) electrons. The highest BCUT2D eigenvalue weighted by molar-refractivity contribution is 7.87. The third-order valence-corrected chi connectivity index (χ3v) is 6.11. The molecule has 3 saturated heterocycles. The molecule has 3 rings (SSSR count). The van der Waals surface area contributed by atoms with E-state index in [1.165, 1.54) is 0 Å². The maximum atomic E-state index is 11.8. The smallest absolute Gasteiger partial charge is 0.273 e. The molecule has 21 heavy (non-hydrogen) atoms. The van der Waals surface area contributed by atoms with Crippen LogP contribution in [0, 0.1) is 0 Å². The second-order valence-corrected chi connectivity index (χ2v) is 7.73. The van der Waals surface area contributed by atoms with Gasteiger partial charge in [0, 0.05) is 12.1 Å². The van der Waals surface area contributed by atoms with Crippen LogP contribution in [-0.4, -0.2) is 56.6 Å². The van der Waals surface area contributed by atoms with Crippen molar-refractivity contribution in [2.45, 2.75) is 49.4 Å². The van der Waals surface area contributed by atoms with E-state index in [1.54, 1.807) is 13.8 Å². The molecule has 0 spiro atoms. The molecule has 0 aromatic rings. The molecule has 0 aliphatic carbocycles. The van der Waals surface area contributed by atoms with Crippen molar-refractivity contribution in [3.8, 4) is 0 Å². The molecule has 1 amide bonds. The van der Waals surface area contributed by atoms with E-state index in [9.17, 15) is 13.2 Å². The fourth-order valence-corrected chi connectivity index (χ4v) is 4.91. The molecule has 3 fully saturated rings. The van der Waals surface area contributed by atoms with E-state index < -0.39 is 33.2 Å². The van der Waals surface area contributed by atoms with Crippen LogP contribution < -0.4 is 5.32 Å². The molecule has 3 aliphatic rings. The number of nitrogens with one attached hydrogen (secondary N) is 1. The number of hydrogen-bond acceptors (Lipinski definition) is 6. The topological polar surface area (TPSA) is 90.9 Å². The van der Waals surface area contributed by atoms with Crippen LogP contribution >= 0.6 is 0 Å². The Labute approximate surface area is 123 Å². The molecule has 2 bridgehead atoms. The van der Waals surface area contributed by atoms with Gasteiger partial charge in [-0.25, -0.2) is 0 Å². The lowest BCUT2D eigenvalue weighted by Crippen LogP contribution is -2.51. The van der Waals surface area contributed by atoms with E-state index in [1.807, 2.05) is 0 Å². The van der Waals surface area contributed by atoms with Crippen molar-refractivity contribution in [2.75, 3.05) is 13.2 Å². The number of carbonyl (C=O) groups is 1. The Bertz CT molecular complexity index is 587. The SMILES string of the molecule is C=C(C)C(=O)NCCOC1(C)C2CC3C(O2)C1OS3(=O)=O. The Hall–Kier alpha value is -0.960. The molecular weight excluding hydrogens is 298 g/mol. The molecule has 8 heteroatoms. The van der Waals surface area contributed by atoms with E-state index in [-0.39, 0.29) is 18.6 Å². The first-order chi connectivity index (χ1) is 9.75. The number of carbonyl (C=O) groups excluding carboxylic acids is 1. The van der Waals surface area contributed by atoms with Crippen molar-refractivity contribution in [1.29, 1.82) is 0 Å². The van der Waals surface area contributed by atoms with Gasteiger partial charge in [0.2, 0.25) is 5.91 Å². The maximum absolute atomic E-state index is 11.8. The van der Waals surface area contributed by atoms with Gasteiger partial charge in [0.25, 0.3) is 10.1 Å². The summed E-state index contributed by atoms with van der Waals surface area (Å²) in [6.45, 7) is 7.55. The summed E-state index contributed by atoms with van der Waals surface area (Å²) < 4.78 is 40.4. The summed E-state index contributed by atoms with van der Waals surface area (Å²) >= 11 is 0. The normalized spacial score (nSPS) is 42.2. The molecule has 0 aromatic heterocycles. The first-order valence-corrected chi connectivity index (χ1v) is 8.38. The van der Waals surface area contributed by atoms with Gasteiger partial charge in [-0.2, -0.15) is 8.42 Å². The Kier molecular flexibility index (Phi) is 3.40. The average Bonchev–Trinajstić information content (AvgIpc) is 2.99. The van der Waals surface area contributed by atoms with Gasteiger partial charge in [-0.05, 0) is 20.3 Å². The summed E-state index contributed by atoms with van der Waals surface area (Å²) in [6.07, 6.45) is -0.914. The van der Waals surface area contributed by atoms with Crippen LogP contribution in [0.5, 0.6) is 0 Å². The summed E-state index contributed by atoms with van der Waals surface area (Å²) in [5.74, 6) is -0.229. The molecule has 5 atom stereocenters. The molecule has 3 heterocycles. The Morgan fingerprint density at radius 3 is 2.90 bits per heavy atom. The molecule has 0 aromatic carbocycles. The van der Waals surface area contributed by atoms with E-state index in [0.717, 1.165) is 0 Å². The van der Waals surface area contributed by atoms with Crippen LogP contribution in [0.15, 0.2) is 12.2 Å². The molecule has 0 saturated carbocycles. The van der Waals surface area contributed by atoms with Gasteiger partial charge in [-0.1, -0.05) is 6.58 Å². The minimum absolute atomic E-state index is 0.229. The highest BCUT2D eigenvalue weighted by atomic mass is 32.2. The molecule has 118 valence electrons. The predicted molar refractivity (Wildman–Crippen MR) is 73.0 cm³/mol. The lowest BCUT2D eigenvalue weighted by molar-refractivity contribution is -0.120. The summed E-state index contributed by atoms with van der Waals surface area (Å²) in [7, 11) is -3.54. The molecule has 1 N–H and O–H groups in total. The van der Waals surface area contributed by atoms with Gasteiger partial charge in [0.05, 0.1) is 12.7 Å². The van der Waals surface area contributed by atoms with Crippen molar-refractivity contribution in [2.24, 2.45) is 0 Å². The molecule has 7 nitrogen and oxygen atoms in total. The second kappa shape index (κ2) is 4.77. The van der Waals surface area contributed by atoms with Gasteiger partial charge in [-0.15, -0.1) is 0 Å². The van der Waals surface area contributed by atoms with Crippen molar-refractivity contribution in [3.63, 3.8) is 0 Å². The molecular formula is C13H19NO6S. The fraction of sp³-hybridized carbons (Fsp3) is 0.769. The number of ether oxygens (including phenoxy) is 2. The van der Waals surface area contributed by atoms with E-state index in [4.69, 9.17) is 13.7 Å². The van der Waals surface area contributed by atoms with Gasteiger partial charge < -0.3 is 14.8 Å². The van der Waals surface area contributed by atoms with Gasteiger partial charge >= 0.3 is 0 Å². The van der Waals surface area contributed by atoms with Crippen LogP contribution in [-0.2, 0) is 28.6 Å². The van der Waals surface area contributed by atoms with Gasteiger partial charge in [0.15, 0.2) is 0 Å². The van der Waals surface area contributed by atoms with E-state index in [0.29, 0.717) is 18.5 Å². The summed E-state index contributed by atoms with van der Waals surface area (Å²) in [4.78, 5) is 11.4. The van der Waals surface area contributed by atoms with Crippen LogP contribution in [0.3, 0.4) is 0 Å². The lowest BCUT2D eigenvalue weighted by atomic mass is 9.83. The van der Waals surface area contributed by atoms with E-state index >= 15 is 0 Å². The zero-order valence-electron chi connectivity index (χ0n) is 12.0. The zero-order valence-corrected chi connectivity index (χ0v) is 12.8. The minimum atomic E-state index is -3.54. The highest BCUT2D eigenvalue weighted by Crippen LogP contribution is 2.53. The first kappa shape index (κ1) is 15.0. The summed E-state index contributed by atoms with van der Waals surface area (Å²) in [6, 6.07) is 0. The Balaban J connectivity index is 1.60. The number of hydrogen-bond donors (Lipinski definition) is 1. The average molecular weight is 317 g/mol. The van der Waals surface area contributed by atoms with Crippen molar-refractivity contribution >= 4 is 16.0 Å². The predicted octanol–water partition coefficient (Wildman–Crippen LogP) is -0.278. The van der Waals surface area contributed by atoms with Crippen LogP contribution in [0.1, 0.15) is 20.3 Å². The lowest BCUT2D eigenvalue weighted by Gasteiger charge is -2.33.